The predicted molar refractivity (Wildman–Crippen MR) is 73.5 cm³/mol. The Morgan fingerprint density at radius 1 is 1.33 bits per heavy atom. The molecule has 1 aliphatic carbocycles. The highest BCUT2D eigenvalue weighted by atomic mass is 16.2. The van der Waals surface area contributed by atoms with E-state index in [1.807, 2.05) is 19.0 Å². The molecule has 1 amide bonds. The van der Waals surface area contributed by atoms with E-state index in [1.165, 1.54) is 25.7 Å². The van der Waals surface area contributed by atoms with Gasteiger partial charge in [-0.3, -0.25) is 9.69 Å². The maximum Gasteiger partial charge on any atom is 0.241 e. The van der Waals surface area contributed by atoms with E-state index in [2.05, 4.69) is 24.1 Å². The topological polar surface area (TPSA) is 35.6 Å². The SMILES string of the molecule is CNCC1C(=O)N(C)C(C)(C)CN1C1CCCC1. The summed E-state index contributed by atoms with van der Waals surface area (Å²) >= 11 is 0. The zero-order valence-electron chi connectivity index (χ0n) is 12.2. The van der Waals surface area contributed by atoms with Crippen molar-refractivity contribution in [2.45, 2.75) is 57.2 Å². The van der Waals surface area contributed by atoms with Gasteiger partial charge < -0.3 is 10.2 Å². The van der Waals surface area contributed by atoms with Crippen molar-refractivity contribution >= 4 is 5.91 Å². The first-order valence-electron chi connectivity index (χ1n) is 7.15. The fourth-order valence-electron chi connectivity index (χ4n) is 3.34. The van der Waals surface area contributed by atoms with Gasteiger partial charge in [-0.15, -0.1) is 0 Å². The van der Waals surface area contributed by atoms with Crippen LogP contribution in [0, 0.1) is 0 Å². The van der Waals surface area contributed by atoms with Gasteiger partial charge in [0, 0.05) is 31.7 Å². The van der Waals surface area contributed by atoms with Gasteiger partial charge in [0.2, 0.25) is 5.91 Å². The lowest BCUT2D eigenvalue weighted by Gasteiger charge is -2.51. The Labute approximate surface area is 111 Å². The van der Waals surface area contributed by atoms with Gasteiger partial charge in [0.1, 0.15) is 6.04 Å². The number of nitrogens with zero attached hydrogens (tertiary/aromatic N) is 2. The van der Waals surface area contributed by atoms with Crippen LogP contribution in [0.5, 0.6) is 0 Å². The Kier molecular flexibility index (Phi) is 3.97. The van der Waals surface area contributed by atoms with Crippen molar-refractivity contribution < 1.29 is 4.79 Å². The van der Waals surface area contributed by atoms with E-state index in [4.69, 9.17) is 0 Å². The third-order valence-corrected chi connectivity index (χ3v) is 4.68. The molecule has 0 radical (unpaired) electrons. The molecule has 1 unspecified atom stereocenters. The van der Waals surface area contributed by atoms with Crippen LogP contribution in [0.4, 0.5) is 0 Å². The second-order valence-corrected chi connectivity index (χ2v) is 6.39. The molecule has 4 heteroatoms. The highest BCUT2D eigenvalue weighted by Gasteiger charge is 2.45. The molecule has 1 N–H and O–H groups in total. The molecule has 1 aliphatic heterocycles. The lowest BCUT2D eigenvalue weighted by Crippen LogP contribution is -2.68. The number of hydrogen-bond acceptors (Lipinski definition) is 3. The molecule has 4 nitrogen and oxygen atoms in total. The fourth-order valence-corrected chi connectivity index (χ4v) is 3.34. The second kappa shape index (κ2) is 5.17. The van der Waals surface area contributed by atoms with Crippen molar-refractivity contribution in [3.8, 4) is 0 Å². The molecule has 1 heterocycles. The molecule has 0 bridgehead atoms. The van der Waals surface area contributed by atoms with Crippen LogP contribution in [0.3, 0.4) is 0 Å². The molecule has 2 aliphatic rings. The third kappa shape index (κ3) is 2.41. The normalized spacial score (nSPS) is 30.1. The first-order valence-corrected chi connectivity index (χ1v) is 7.15. The van der Waals surface area contributed by atoms with E-state index in [9.17, 15) is 4.79 Å². The Hall–Kier alpha value is -0.610. The minimum absolute atomic E-state index is 0.0242. The molecule has 2 rings (SSSR count). The van der Waals surface area contributed by atoms with Gasteiger partial charge in [-0.05, 0) is 33.7 Å². The number of nitrogens with one attached hydrogen (secondary N) is 1. The zero-order chi connectivity index (χ0) is 13.3. The smallest absolute Gasteiger partial charge is 0.241 e. The second-order valence-electron chi connectivity index (χ2n) is 6.39. The molecule has 0 spiro atoms. The molecule has 2 fully saturated rings. The van der Waals surface area contributed by atoms with Gasteiger partial charge in [0.25, 0.3) is 0 Å². The number of carbonyl (C=O) groups is 1. The van der Waals surface area contributed by atoms with E-state index in [0.29, 0.717) is 6.04 Å². The maximum atomic E-state index is 12.5. The molecule has 104 valence electrons. The maximum absolute atomic E-state index is 12.5. The third-order valence-electron chi connectivity index (χ3n) is 4.68. The van der Waals surface area contributed by atoms with E-state index >= 15 is 0 Å². The Morgan fingerprint density at radius 2 is 1.94 bits per heavy atom. The lowest BCUT2D eigenvalue weighted by molar-refractivity contribution is -0.151. The average molecular weight is 253 g/mol. The van der Waals surface area contributed by atoms with Gasteiger partial charge >= 0.3 is 0 Å². The molecule has 0 aromatic rings. The van der Waals surface area contributed by atoms with Crippen LogP contribution in [-0.2, 0) is 4.79 Å². The number of likely N-dealkylation sites (N-methyl/N-ethyl adjacent to an activating group) is 2. The highest BCUT2D eigenvalue weighted by molar-refractivity contribution is 5.83. The van der Waals surface area contributed by atoms with E-state index < -0.39 is 0 Å². The Morgan fingerprint density at radius 3 is 2.50 bits per heavy atom. The number of hydrogen-bond donors (Lipinski definition) is 1. The molecule has 1 saturated heterocycles. The number of rotatable bonds is 3. The quantitative estimate of drug-likeness (QED) is 0.817. The standard InChI is InChI=1S/C14H27N3O/c1-14(2)10-17(11-7-5-6-8-11)12(9-15-3)13(18)16(14)4/h11-12,15H,5-10H2,1-4H3. The summed E-state index contributed by atoms with van der Waals surface area (Å²) in [7, 11) is 3.87. The molecule has 1 saturated carbocycles. The number of amides is 1. The number of carbonyl (C=O) groups excluding carboxylic acids is 1. The summed E-state index contributed by atoms with van der Waals surface area (Å²) in [6.07, 6.45) is 5.15. The van der Waals surface area contributed by atoms with Gasteiger partial charge in [0.05, 0.1) is 0 Å². The van der Waals surface area contributed by atoms with Crippen LogP contribution in [0.1, 0.15) is 39.5 Å². The van der Waals surface area contributed by atoms with E-state index in [-0.39, 0.29) is 17.5 Å². The Balaban J connectivity index is 2.20. The van der Waals surface area contributed by atoms with Crippen LogP contribution in [0.25, 0.3) is 0 Å². The largest absolute Gasteiger partial charge is 0.338 e. The van der Waals surface area contributed by atoms with Crippen LogP contribution >= 0.6 is 0 Å². The number of piperazine rings is 1. The first-order chi connectivity index (χ1) is 8.47. The summed E-state index contributed by atoms with van der Waals surface area (Å²) in [5, 5.41) is 3.18. The molecule has 0 aromatic carbocycles. The van der Waals surface area contributed by atoms with Crippen molar-refractivity contribution in [1.82, 2.24) is 15.1 Å². The summed E-state index contributed by atoms with van der Waals surface area (Å²) in [6, 6.07) is 0.636. The molecule has 1 atom stereocenters. The van der Waals surface area contributed by atoms with Gasteiger partial charge in [-0.25, -0.2) is 0 Å². The van der Waals surface area contributed by atoms with Crippen molar-refractivity contribution in [1.29, 1.82) is 0 Å². The zero-order valence-corrected chi connectivity index (χ0v) is 12.2. The monoisotopic (exact) mass is 253 g/mol. The van der Waals surface area contributed by atoms with Gasteiger partial charge in [0.15, 0.2) is 0 Å². The Bertz CT molecular complexity index is 310. The minimum atomic E-state index is -0.0517. The summed E-state index contributed by atoms with van der Waals surface area (Å²) in [5.41, 5.74) is -0.0517. The summed E-state index contributed by atoms with van der Waals surface area (Å²) in [4.78, 5) is 16.9. The van der Waals surface area contributed by atoms with E-state index in [0.717, 1.165) is 13.1 Å². The first kappa shape index (κ1) is 13.8. The van der Waals surface area contributed by atoms with Crippen molar-refractivity contribution in [3.05, 3.63) is 0 Å². The van der Waals surface area contributed by atoms with Crippen LogP contribution in [0.15, 0.2) is 0 Å². The van der Waals surface area contributed by atoms with Gasteiger partial charge in [-0.2, -0.15) is 0 Å². The summed E-state index contributed by atoms with van der Waals surface area (Å²) in [6.45, 7) is 6.09. The fraction of sp³-hybridized carbons (Fsp3) is 0.929. The highest BCUT2D eigenvalue weighted by Crippen LogP contribution is 2.31. The van der Waals surface area contributed by atoms with Crippen molar-refractivity contribution in [2.24, 2.45) is 0 Å². The van der Waals surface area contributed by atoms with E-state index in [1.54, 1.807) is 0 Å². The predicted octanol–water partition coefficient (Wildman–Crippen LogP) is 1.07. The van der Waals surface area contributed by atoms with Crippen molar-refractivity contribution in [3.63, 3.8) is 0 Å². The van der Waals surface area contributed by atoms with Gasteiger partial charge in [-0.1, -0.05) is 12.8 Å². The molecule has 18 heavy (non-hydrogen) atoms. The van der Waals surface area contributed by atoms with Crippen molar-refractivity contribution in [2.75, 3.05) is 27.2 Å². The molecule has 0 aromatic heterocycles. The average Bonchev–Trinajstić information content (AvgIpc) is 2.83. The van der Waals surface area contributed by atoms with Crippen LogP contribution in [0.2, 0.25) is 0 Å². The summed E-state index contributed by atoms with van der Waals surface area (Å²) in [5.74, 6) is 0.271. The molecular formula is C14H27N3O. The summed E-state index contributed by atoms with van der Waals surface area (Å²) < 4.78 is 0. The lowest BCUT2D eigenvalue weighted by atomic mass is 9.93. The van der Waals surface area contributed by atoms with Crippen LogP contribution in [-0.4, -0.2) is 60.5 Å². The molecular weight excluding hydrogens is 226 g/mol. The van der Waals surface area contributed by atoms with Crippen LogP contribution < -0.4 is 5.32 Å². The minimum Gasteiger partial charge on any atom is -0.338 e.